The van der Waals surface area contributed by atoms with Gasteiger partial charge in [-0.1, -0.05) is 0 Å². The van der Waals surface area contributed by atoms with E-state index in [2.05, 4.69) is 14.9 Å². The van der Waals surface area contributed by atoms with Crippen molar-refractivity contribution in [1.82, 2.24) is 24.1 Å². The van der Waals surface area contributed by atoms with E-state index in [1.165, 1.54) is 37.2 Å². The van der Waals surface area contributed by atoms with Crippen molar-refractivity contribution in [1.29, 1.82) is 0 Å². The maximum atomic E-state index is 12.1. The highest BCUT2D eigenvalue weighted by molar-refractivity contribution is 5.00. The third-order valence-corrected chi connectivity index (χ3v) is 6.14. The van der Waals surface area contributed by atoms with Crippen molar-refractivity contribution in [3.8, 4) is 0 Å². The average Bonchev–Trinajstić information content (AvgIpc) is 2.96. The van der Waals surface area contributed by atoms with Crippen LogP contribution in [0.15, 0.2) is 4.79 Å². The molecule has 0 amide bonds. The van der Waals surface area contributed by atoms with Gasteiger partial charge in [-0.05, 0) is 64.7 Å². The highest BCUT2D eigenvalue weighted by Crippen LogP contribution is 2.28. The number of rotatable bonds is 7. The fourth-order valence-electron chi connectivity index (χ4n) is 4.47. The maximum Gasteiger partial charge on any atom is 0.345 e. The Morgan fingerprint density at radius 3 is 2.35 bits per heavy atom. The lowest BCUT2D eigenvalue weighted by molar-refractivity contribution is 0.0999. The summed E-state index contributed by atoms with van der Waals surface area (Å²) in [7, 11) is 3.54. The van der Waals surface area contributed by atoms with Gasteiger partial charge in [0.15, 0.2) is 0 Å². The van der Waals surface area contributed by atoms with Gasteiger partial charge in [-0.15, -0.1) is 0 Å². The second-order valence-electron chi connectivity index (χ2n) is 7.86. The van der Waals surface area contributed by atoms with Gasteiger partial charge >= 0.3 is 5.69 Å². The summed E-state index contributed by atoms with van der Waals surface area (Å²) in [6, 6.07) is 0. The van der Waals surface area contributed by atoms with E-state index in [4.69, 9.17) is 4.74 Å². The molecular weight excluding hydrogens is 330 g/mol. The summed E-state index contributed by atoms with van der Waals surface area (Å²) in [5.74, 6) is 2.25. The first-order chi connectivity index (χ1) is 12.6. The van der Waals surface area contributed by atoms with E-state index in [1.54, 1.807) is 14.2 Å². The molecule has 2 aliphatic heterocycles. The molecule has 1 aromatic heterocycles. The van der Waals surface area contributed by atoms with Crippen LogP contribution in [0.2, 0.25) is 0 Å². The number of hydrogen-bond donors (Lipinski definition) is 0. The van der Waals surface area contributed by atoms with Gasteiger partial charge in [-0.2, -0.15) is 5.10 Å². The molecule has 0 spiro atoms. The summed E-state index contributed by atoms with van der Waals surface area (Å²) in [6.45, 7) is 10.6. The van der Waals surface area contributed by atoms with Crippen LogP contribution < -0.4 is 5.69 Å². The van der Waals surface area contributed by atoms with Crippen molar-refractivity contribution in [3.63, 3.8) is 0 Å². The Morgan fingerprint density at radius 2 is 1.73 bits per heavy atom. The second kappa shape index (κ2) is 9.15. The number of methoxy groups -OCH3 is 1. The molecule has 26 heavy (non-hydrogen) atoms. The fraction of sp³-hybridized carbons (Fsp3) is 0.895. The van der Waals surface area contributed by atoms with E-state index in [-0.39, 0.29) is 5.69 Å². The van der Waals surface area contributed by atoms with Crippen molar-refractivity contribution in [3.05, 3.63) is 16.3 Å². The predicted molar refractivity (Wildman–Crippen MR) is 103 cm³/mol. The molecule has 0 N–H and O–H groups in total. The van der Waals surface area contributed by atoms with Gasteiger partial charge in [0.2, 0.25) is 0 Å². The molecule has 7 heteroatoms. The van der Waals surface area contributed by atoms with Crippen molar-refractivity contribution in [2.45, 2.75) is 45.1 Å². The van der Waals surface area contributed by atoms with Crippen molar-refractivity contribution >= 4 is 0 Å². The smallest absolute Gasteiger partial charge is 0.345 e. The Bertz CT molecular complexity index is 610. The first-order valence-corrected chi connectivity index (χ1v) is 10.2. The molecule has 0 atom stereocenters. The first kappa shape index (κ1) is 19.6. The number of hydrogen-bond acceptors (Lipinski definition) is 5. The van der Waals surface area contributed by atoms with Gasteiger partial charge in [0, 0.05) is 39.7 Å². The lowest BCUT2D eigenvalue weighted by Crippen LogP contribution is -2.42. The summed E-state index contributed by atoms with van der Waals surface area (Å²) >= 11 is 0. The Labute approximate surface area is 156 Å². The van der Waals surface area contributed by atoms with Crippen LogP contribution in [0.1, 0.15) is 44.3 Å². The largest absolute Gasteiger partial charge is 0.383 e. The van der Waals surface area contributed by atoms with E-state index in [1.807, 2.05) is 11.5 Å². The zero-order chi connectivity index (χ0) is 18.5. The molecule has 148 valence electrons. The van der Waals surface area contributed by atoms with Gasteiger partial charge in [0.05, 0.1) is 6.61 Å². The molecule has 2 saturated heterocycles. The highest BCUT2D eigenvalue weighted by Gasteiger charge is 2.28. The quantitative estimate of drug-likeness (QED) is 0.725. The second-order valence-corrected chi connectivity index (χ2v) is 7.86. The molecule has 7 nitrogen and oxygen atoms in total. The van der Waals surface area contributed by atoms with E-state index < -0.39 is 0 Å². The molecule has 0 aliphatic carbocycles. The number of aryl methyl sites for hydroxylation is 1. The Hall–Kier alpha value is -1.18. The summed E-state index contributed by atoms with van der Waals surface area (Å²) in [4.78, 5) is 17.3. The Kier molecular flexibility index (Phi) is 6.89. The van der Waals surface area contributed by atoms with Crippen LogP contribution in [0.3, 0.4) is 0 Å². The first-order valence-electron chi connectivity index (χ1n) is 10.2. The van der Waals surface area contributed by atoms with Gasteiger partial charge in [-0.25, -0.2) is 9.48 Å². The molecule has 2 aliphatic rings. The molecule has 1 aromatic rings. The molecule has 0 bridgehead atoms. The molecule has 0 aromatic carbocycles. The van der Waals surface area contributed by atoms with Crippen LogP contribution in [0.5, 0.6) is 0 Å². The molecule has 0 radical (unpaired) electrons. The fourth-order valence-corrected chi connectivity index (χ4v) is 4.47. The summed E-state index contributed by atoms with van der Waals surface area (Å²) in [6.07, 6.45) is 4.84. The summed E-state index contributed by atoms with van der Waals surface area (Å²) in [5.41, 5.74) is 0.0187. The van der Waals surface area contributed by atoms with Crippen LogP contribution >= 0.6 is 0 Å². The van der Waals surface area contributed by atoms with Crippen molar-refractivity contribution < 1.29 is 4.74 Å². The van der Waals surface area contributed by atoms with Gasteiger partial charge in [-0.3, -0.25) is 4.57 Å². The topological polar surface area (TPSA) is 55.5 Å². The zero-order valence-electron chi connectivity index (χ0n) is 16.7. The maximum absolute atomic E-state index is 12.1. The van der Waals surface area contributed by atoms with Gasteiger partial charge < -0.3 is 14.5 Å². The Balaban J connectivity index is 1.45. The van der Waals surface area contributed by atoms with Crippen LogP contribution in [0, 0.1) is 5.92 Å². The minimum Gasteiger partial charge on any atom is -0.383 e. The van der Waals surface area contributed by atoms with Crippen LogP contribution in [-0.4, -0.2) is 77.1 Å². The lowest BCUT2D eigenvalue weighted by atomic mass is 9.92. The van der Waals surface area contributed by atoms with Crippen molar-refractivity contribution in [2.75, 3.05) is 53.0 Å². The van der Waals surface area contributed by atoms with E-state index in [0.717, 1.165) is 50.8 Å². The van der Waals surface area contributed by atoms with Gasteiger partial charge in [0.25, 0.3) is 0 Å². The SMILES string of the molecule is CCn1c(C2CCN(CC3CCN(CCOC)CC3)CC2)nn(C)c1=O. The Morgan fingerprint density at radius 1 is 1.08 bits per heavy atom. The standard InChI is InChI=1S/C19H35N5O2/c1-4-24-18(20-21(2)19(24)25)17-7-11-23(12-8-17)15-16-5-9-22(10-6-16)13-14-26-3/h16-17H,4-15H2,1-3H3. The molecule has 3 rings (SSSR count). The monoisotopic (exact) mass is 365 g/mol. The number of piperidine rings is 2. The highest BCUT2D eigenvalue weighted by atomic mass is 16.5. The van der Waals surface area contributed by atoms with Crippen molar-refractivity contribution in [2.24, 2.45) is 13.0 Å². The number of nitrogens with zero attached hydrogens (tertiary/aromatic N) is 5. The van der Waals surface area contributed by atoms with Gasteiger partial charge in [0.1, 0.15) is 5.82 Å². The van der Waals surface area contributed by atoms with Crippen LogP contribution in [0.4, 0.5) is 0 Å². The third-order valence-electron chi connectivity index (χ3n) is 6.14. The summed E-state index contributed by atoms with van der Waals surface area (Å²) in [5, 5.41) is 4.51. The average molecular weight is 366 g/mol. The molecule has 2 fully saturated rings. The van der Waals surface area contributed by atoms with E-state index >= 15 is 0 Å². The third kappa shape index (κ3) is 4.56. The molecule has 0 saturated carbocycles. The molecule has 3 heterocycles. The lowest BCUT2D eigenvalue weighted by Gasteiger charge is -2.37. The number of ether oxygens (including phenoxy) is 1. The zero-order valence-corrected chi connectivity index (χ0v) is 16.7. The molecular formula is C19H35N5O2. The molecule has 0 unspecified atom stereocenters. The minimum atomic E-state index is 0.0187. The van der Waals surface area contributed by atoms with E-state index in [9.17, 15) is 4.79 Å². The van der Waals surface area contributed by atoms with Crippen LogP contribution in [0.25, 0.3) is 0 Å². The normalized spacial score (nSPS) is 21.5. The van der Waals surface area contributed by atoms with Crippen LogP contribution in [-0.2, 0) is 18.3 Å². The minimum absolute atomic E-state index is 0.0187. The predicted octanol–water partition coefficient (Wildman–Crippen LogP) is 1.14. The number of likely N-dealkylation sites (tertiary alicyclic amines) is 2. The summed E-state index contributed by atoms with van der Waals surface area (Å²) < 4.78 is 8.52. The number of aromatic nitrogens is 3. The van der Waals surface area contributed by atoms with E-state index in [0.29, 0.717) is 12.5 Å².